The van der Waals surface area contributed by atoms with Crippen LogP contribution in [-0.4, -0.2) is 65.2 Å². The van der Waals surface area contributed by atoms with Gasteiger partial charge in [-0.2, -0.15) is 0 Å². The molecule has 35 heavy (non-hydrogen) atoms. The van der Waals surface area contributed by atoms with E-state index >= 15 is 0 Å². The van der Waals surface area contributed by atoms with E-state index in [1.54, 1.807) is 19.1 Å². The molecule has 2 aliphatic rings. The van der Waals surface area contributed by atoms with Gasteiger partial charge >= 0.3 is 0 Å². The molecule has 2 fully saturated rings. The zero-order chi connectivity index (χ0) is 25.0. The number of carbonyl (C=O) groups excluding carboxylic acids is 1. The lowest BCUT2D eigenvalue weighted by molar-refractivity contribution is -0.384. The molecule has 188 valence electrons. The average Bonchev–Trinajstić information content (AvgIpc) is 3.36. The fraction of sp³-hybridized carbons (Fsp3) is 0.435. The van der Waals surface area contributed by atoms with Crippen molar-refractivity contribution in [3.63, 3.8) is 0 Å². The smallest absolute Gasteiger partial charge is 0.293 e. The Labute approximate surface area is 204 Å². The molecule has 11 nitrogen and oxygen atoms in total. The molecule has 4 rings (SSSR count). The minimum Gasteiger partial charge on any atom is -0.381 e. The molecule has 12 heteroatoms. The lowest BCUT2D eigenvalue weighted by Crippen LogP contribution is -2.44. The lowest BCUT2D eigenvalue weighted by Gasteiger charge is -2.31. The van der Waals surface area contributed by atoms with Crippen LogP contribution in [0.5, 0.6) is 0 Å². The summed E-state index contributed by atoms with van der Waals surface area (Å²) in [4.78, 5) is 25.7. The summed E-state index contributed by atoms with van der Waals surface area (Å²) in [5, 5.41) is 17.9. The number of hydrogen-bond donors (Lipinski definition) is 3. The molecule has 0 aromatic heterocycles. The van der Waals surface area contributed by atoms with Crippen LogP contribution in [0, 0.1) is 23.0 Å². The van der Waals surface area contributed by atoms with E-state index in [9.17, 15) is 23.3 Å². The maximum absolute atomic E-state index is 13.0. The molecule has 0 aliphatic carbocycles. The number of sulfonamides is 1. The van der Waals surface area contributed by atoms with Gasteiger partial charge in [0.15, 0.2) is 0 Å². The van der Waals surface area contributed by atoms with Crippen LogP contribution in [0.4, 0.5) is 17.1 Å². The molecule has 2 aliphatic heterocycles. The van der Waals surface area contributed by atoms with Crippen LogP contribution in [0.1, 0.15) is 22.3 Å². The highest BCUT2D eigenvalue weighted by Crippen LogP contribution is 2.29. The van der Waals surface area contributed by atoms with Gasteiger partial charge in [0.25, 0.3) is 21.6 Å². The molecule has 2 heterocycles. The summed E-state index contributed by atoms with van der Waals surface area (Å²) in [6, 6.07) is 8.75. The van der Waals surface area contributed by atoms with Crippen LogP contribution in [0.15, 0.2) is 41.3 Å². The number of carbonyl (C=O) groups is 1. The van der Waals surface area contributed by atoms with Gasteiger partial charge in [-0.05, 0) is 43.2 Å². The minimum absolute atomic E-state index is 0.215. The molecule has 0 bridgehead atoms. The van der Waals surface area contributed by atoms with Gasteiger partial charge < -0.3 is 20.3 Å². The van der Waals surface area contributed by atoms with E-state index in [2.05, 4.69) is 20.3 Å². The predicted molar refractivity (Wildman–Crippen MR) is 131 cm³/mol. The van der Waals surface area contributed by atoms with Crippen molar-refractivity contribution in [2.45, 2.75) is 18.2 Å². The van der Waals surface area contributed by atoms with E-state index in [0.29, 0.717) is 25.3 Å². The SMILES string of the molecule is Cc1c(C(=O)NS(=O)(=O)c2ccc(NCC3CCOC3)c([N+](=O)[O-])c2)cccc1N1CCNCC1. The Bertz CT molecular complexity index is 1210. The third-order valence-electron chi connectivity index (χ3n) is 6.32. The van der Waals surface area contributed by atoms with Crippen molar-refractivity contribution in [1.82, 2.24) is 10.0 Å². The zero-order valence-corrected chi connectivity index (χ0v) is 20.3. The van der Waals surface area contributed by atoms with Gasteiger partial charge in [-0.3, -0.25) is 14.9 Å². The first-order valence-electron chi connectivity index (χ1n) is 11.5. The third kappa shape index (κ3) is 5.72. The number of piperazine rings is 1. The molecule has 0 radical (unpaired) electrons. The first-order valence-corrected chi connectivity index (χ1v) is 13.0. The average molecular weight is 504 g/mol. The summed E-state index contributed by atoms with van der Waals surface area (Å²) in [5.41, 5.74) is 1.61. The number of rotatable bonds is 8. The summed E-state index contributed by atoms with van der Waals surface area (Å²) in [7, 11) is -4.34. The van der Waals surface area contributed by atoms with Crippen molar-refractivity contribution in [2.24, 2.45) is 5.92 Å². The number of anilines is 2. The Kier molecular flexibility index (Phi) is 7.53. The Morgan fingerprint density at radius 3 is 2.71 bits per heavy atom. The van der Waals surface area contributed by atoms with E-state index in [0.717, 1.165) is 44.4 Å². The molecule has 1 unspecified atom stereocenters. The fourth-order valence-corrected chi connectivity index (χ4v) is 5.32. The number of nitrogens with one attached hydrogen (secondary N) is 3. The summed E-state index contributed by atoms with van der Waals surface area (Å²) in [6.07, 6.45) is 0.856. The summed E-state index contributed by atoms with van der Waals surface area (Å²) in [6.45, 7) is 6.69. The minimum atomic E-state index is -4.34. The molecule has 1 atom stereocenters. The second-order valence-corrected chi connectivity index (χ2v) is 10.4. The van der Waals surface area contributed by atoms with E-state index in [-0.39, 0.29) is 27.8 Å². The maximum Gasteiger partial charge on any atom is 0.293 e. The first-order chi connectivity index (χ1) is 16.8. The van der Waals surface area contributed by atoms with Crippen molar-refractivity contribution in [2.75, 3.05) is 56.2 Å². The monoisotopic (exact) mass is 503 g/mol. The molecule has 2 aromatic rings. The zero-order valence-electron chi connectivity index (χ0n) is 19.5. The Morgan fingerprint density at radius 2 is 2.03 bits per heavy atom. The van der Waals surface area contributed by atoms with Crippen LogP contribution < -0.4 is 20.3 Å². The third-order valence-corrected chi connectivity index (χ3v) is 7.64. The van der Waals surface area contributed by atoms with Gasteiger partial charge in [-0.25, -0.2) is 13.1 Å². The van der Waals surface area contributed by atoms with Crippen molar-refractivity contribution in [3.8, 4) is 0 Å². The highest BCUT2D eigenvalue weighted by Gasteiger charge is 2.26. The summed E-state index contributed by atoms with van der Waals surface area (Å²) < 4.78 is 33.3. The number of hydrogen-bond acceptors (Lipinski definition) is 9. The maximum atomic E-state index is 13.0. The van der Waals surface area contributed by atoms with E-state index < -0.39 is 20.9 Å². The van der Waals surface area contributed by atoms with Crippen LogP contribution in [0.3, 0.4) is 0 Å². The molecule has 3 N–H and O–H groups in total. The van der Waals surface area contributed by atoms with Crippen LogP contribution in [-0.2, 0) is 14.8 Å². The van der Waals surface area contributed by atoms with Crippen molar-refractivity contribution in [1.29, 1.82) is 0 Å². The number of ether oxygens (including phenoxy) is 1. The molecule has 0 spiro atoms. The Morgan fingerprint density at radius 1 is 1.26 bits per heavy atom. The van der Waals surface area contributed by atoms with Gasteiger partial charge in [-0.1, -0.05) is 6.07 Å². The second-order valence-electron chi connectivity index (χ2n) is 8.67. The normalized spacial score (nSPS) is 18.3. The van der Waals surface area contributed by atoms with Crippen molar-refractivity contribution in [3.05, 3.63) is 57.6 Å². The molecule has 0 saturated carbocycles. The number of amides is 1. The second kappa shape index (κ2) is 10.6. The van der Waals surface area contributed by atoms with Crippen LogP contribution >= 0.6 is 0 Å². The summed E-state index contributed by atoms with van der Waals surface area (Å²) >= 11 is 0. The molecular formula is C23H29N5O6S. The number of benzene rings is 2. The molecule has 2 aromatic carbocycles. The predicted octanol–water partition coefficient (Wildman–Crippen LogP) is 1.88. The van der Waals surface area contributed by atoms with Gasteiger partial charge in [0, 0.05) is 62.6 Å². The molecule has 1 amide bonds. The van der Waals surface area contributed by atoms with Gasteiger partial charge in [0.05, 0.1) is 16.4 Å². The van der Waals surface area contributed by atoms with E-state index in [4.69, 9.17) is 4.74 Å². The van der Waals surface area contributed by atoms with Gasteiger partial charge in [-0.15, -0.1) is 0 Å². The topological polar surface area (TPSA) is 143 Å². The first kappa shape index (κ1) is 24.9. The fourth-order valence-electron chi connectivity index (χ4n) is 4.33. The molecule has 2 saturated heterocycles. The van der Waals surface area contributed by atoms with Crippen molar-refractivity contribution < 1.29 is 22.9 Å². The van der Waals surface area contributed by atoms with E-state index in [1.165, 1.54) is 12.1 Å². The highest BCUT2D eigenvalue weighted by atomic mass is 32.2. The Hall–Kier alpha value is -3.22. The largest absolute Gasteiger partial charge is 0.381 e. The van der Waals surface area contributed by atoms with Gasteiger partial charge in [0.2, 0.25) is 0 Å². The number of nitro groups is 1. The summed E-state index contributed by atoms with van der Waals surface area (Å²) in [5.74, 6) is -0.553. The van der Waals surface area contributed by atoms with Crippen molar-refractivity contribution >= 4 is 33.0 Å². The standard InChI is InChI=1S/C23H29N5O6S/c1-16-19(3-2-4-21(16)27-10-8-24-9-11-27)23(29)26-35(32,33)18-5-6-20(22(13-18)28(30)31)25-14-17-7-12-34-15-17/h2-6,13,17,24-25H,7-12,14-15H2,1H3,(H,26,29). The quantitative estimate of drug-likeness (QED) is 0.363. The van der Waals surface area contributed by atoms with Gasteiger partial charge in [0.1, 0.15) is 5.69 Å². The molecular weight excluding hydrogens is 474 g/mol. The Balaban J connectivity index is 1.53. The van der Waals surface area contributed by atoms with Crippen LogP contribution in [0.25, 0.3) is 0 Å². The number of nitrogens with zero attached hydrogens (tertiary/aromatic N) is 2. The highest BCUT2D eigenvalue weighted by molar-refractivity contribution is 7.90. The van der Waals surface area contributed by atoms with E-state index in [1.807, 2.05) is 6.07 Å². The lowest BCUT2D eigenvalue weighted by atomic mass is 10.0. The van der Waals surface area contributed by atoms with Crippen LogP contribution in [0.2, 0.25) is 0 Å². The number of nitro benzene ring substituents is 1.